The molecule has 1 atom stereocenters. The maximum Gasteiger partial charge on any atom is 0.243 e. The molecule has 3 rings (SSSR count). The molecule has 3 fully saturated rings. The highest BCUT2D eigenvalue weighted by Gasteiger charge is 2.32. The Labute approximate surface area is 180 Å². The van der Waals surface area contributed by atoms with Gasteiger partial charge >= 0.3 is 0 Å². The Hall–Kier alpha value is -0.610. The van der Waals surface area contributed by atoms with Crippen LogP contribution in [0.1, 0.15) is 32.1 Å². The van der Waals surface area contributed by atoms with Crippen LogP contribution in [-0.2, 0) is 14.3 Å². The average Bonchev–Trinajstić information content (AvgIpc) is 3.16. The molecule has 1 amide bonds. The molecule has 3 aliphatic rings. The summed E-state index contributed by atoms with van der Waals surface area (Å²) < 4.78 is 11.0. The molecule has 0 bridgehead atoms. The normalized spacial score (nSPS) is 25.2. The monoisotopic (exact) mass is 494 g/mol. The number of hydrogen-bond donors (Lipinski definition) is 1. The third-order valence-corrected chi connectivity index (χ3v) is 5.87. The minimum atomic E-state index is 0. The van der Waals surface area contributed by atoms with E-state index in [-0.39, 0.29) is 36.4 Å². The predicted molar refractivity (Wildman–Crippen MR) is 117 cm³/mol. The van der Waals surface area contributed by atoms with Crippen molar-refractivity contribution in [3.05, 3.63) is 0 Å². The molecule has 8 heteroatoms. The quantitative estimate of drug-likeness (QED) is 0.365. The lowest BCUT2D eigenvalue weighted by Crippen LogP contribution is -2.47. The van der Waals surface area contributed by atoms with Crippen LogP contribution in [0.3, 0.4) is 0 Å². The van der Waals surface area contributed by atoms with E-state index in [2.05, 4.69) is 15.2 Å². The lowest BCUT2D eigenvalue weighted by Gasteiger charge is -2.31. The number of hydrogen-bond acceptors (Lipinski definition) is 4. The minimum absolute atomic E-state index is 0. The number of amides is 1. The molecular formula is C19H35IN4O3. The van der Waals surface area contributed by atoms with Crippen molar-refractivity contribution >= 4 is 35.8 Å². The molecule has 3 aliphatic heterocycles. The van der Waals surface area contributed by atoms with Crippen molar-refractivity contribution in [1.82, 2.24) is 15.1 Å². The first-order valence-electron chi connectivity index (χ1n) is 10.0. The van der Waals surface area contributed by atoms with Crippen LogP contribution in [0.15, 0.2) is 4.99 Å². The zero-order chi connectivity index (χ0) is 18.4. The van der Waals surface area contributed by atoms with Gasteiger partial charge in [0.05, 0.1) is 0 Å². The number of halogens is 1. The highest BCUT2D eigenvalue weighted by molar-refractivity contribution is 14.0. The lowest BCUT2D eigenvalue weighted by atomic mass is 9.85. The summed E-state index contributed by atoms with van der Waals surface area (Å²) in [5, 5.41) is 3.62. The highest BCUT2D eigenvalue weighted by atomic mass is 127. The van der Waals surface area contributed by atoms with E-state index in [9.17, 15) is 4.79 Å². The van der Waals surface area contributed by atoms with E-state index < -0.39 is 0 Å². The SMILES string of the molecule is CN(C)C(=O)CN=C(NC1CCOCC1)N1CCC(C2CCOCC2)C1.I. The maximum absolute atomic E-state index is 12.0. The van der Waals surface area contributed by atoms with Crippen LogP contribution >= 0.6 is 24.0 Å². The van der Waals surface area contributed by atoms with Crippen LogP contribution in [0.25, 0.3) is 0 Å². The molecule has 0 aromatic rings. The Morgan fingerprint density at radius 3 is 2.30 bits per heavy atom. The maximum atomic E-state index is 12.0. The van der Waals surface area contributed by atoms with Gasteiger partial charge in [-0.05, 0) is 43.9 Å². The topological polar surface area (TPSA) is 66.4 Å². The molecular weight excluding hydrogens is 459 g/mol. The number of likely N-dealkylation sites (N-methyl/N-ethyl adjacent to an activating group) is 1. The van der Waals surface area contributed by atoms with Gasteiger partial charge in [-0.2, -0.15) is 0 Å². The first-order chi connectivity index (χ1) is 12.6. The van der Waals surface area contributed by atoms with Gasteiger partial charge in [-0.1, -0.05) is 0 Å². The van der Waals surface area contributed by atoms with Gasteiger partial charge in [-0.15, -0.1) is 24.0 Å². The standard InChI is InChI=1S/C19H34N4O3.HI/c1-22(2)18(24)13-20-19(21-17-6-11-26-12-7-17)23-8-3-16(14-23)15-4-9-25-10-5-15;/h15-17H,3-14H2,1-2H3,(H,20,21);1H. The number of likely N-dealkylation sites (tertiary alicyclic amines) is 1. The molecule has 0 spiro atoms. The van der Waals surface area contributed by atoms with Crippen molar-refractivity contribution in [2.45, 2.75) is 38.1 Å². The second kappa shape index (κ2) is 11.4. The molecule has 0 radical (unpaired) electrons. The third kappa shape index (κ3) is 6.74. The molecule has 3 heterocycles. The lowest BCUT2D eigenvalue weighted by molar-refractivity contribution is -0.127. The van der Waals surface area contributed by atoms with Crippen LogP contribution in [0.4, 0.5) is 0 Å². The second-order valence-corrected chi connectivity index (χ2v) is 7.90. The fourth-order valence-electron chi connectivity index (χ4n) is 4.10. The van der Waals surface area contributed by atoms with Crippen LogP contribution in [0.5, 0.6) is 0 Å². The van der Waals surface area contributed by atoms with Gasteiger partial charge in [-0.3, -0.25) is 4.79 Å². The first-order valence-corrected chi connectivity index (χ1v) is 10.0. The van der Waals surface area contributed by atoms with Gasteiger partial charge in [-0.25, -0.2) is 4.99 Å². The zero-order valence-corrected chi connectivity index (χ0v) is 19.0. The molecule has 0 aliphatic carbocycles. The minimum Gasteiger partial charge on any atom is -0.381 e. The Kier molecular flexibility index (Phi) is 9.58. The molecule has 3 saturated heterocycles. The van der Waals surface area contributed by atoms with Gasteiger partial charge < -0.3 is 24.6 Å². The summed E-state index contributed by atoms with van der Waals surface area (Å²) in [6.07, 6.45) is 5.56. The largest absolute Gasteiger partial charge is 0.381 e. The smallest absolute Gasteiger partial charge is 0.243 e. The first kappa shape index (κ1) is 22.7. The van der Waals surface area contributed by atoms with E-state index in [1.165, 1.54) is 19.3 Å². The summed E-state index contributed by atoms with van der Waals surface area (Å²) in [4.78, 5) is 20.6. The van der Waals surface area contributed by atoms with Crippen molar-refractivity contribution < 1.29 is 14.3 Å². The summed E-state index contributed by atoms with van der Waals surface area (Å²) in [6, 6.07) is 0.388. The average molecular weight is 494 g/mol. The Morgan fingerprint density at radius 1 is 1.04 bits per heavy atom. The number of ether oxygens (including phenoxy) is 2. The van der Waals surface area contributed by atoms with Crippen LogP contribution in [0.2, 0.25) is 0 Å². The molecule has 7 nitrogen and oxygen atoms in total. The van der Waals surface area contributed by atoms with E-state index in [0.29, 0.717) is 12.0 Å². The Morgan fingerprint density at radius 2 is 1.67 bits per heavy atom. The van der Waals surface area contributed by atoms with E-state index in [1.807, 2.05) is 0 Å². The zero-order valence-electron chi connectivity index (χ0n) is 16.7. The molecule has 1 N–H and O–H groups in total. The number of carbonyl (C=O) groups is 1. The van der Waals surface area contributed by atoms with Crippen LogP contribution < -0.4 is 5.32 Å². The summed E-state index contributed by atoms with van der Waals surface area (Å²) in [5.41, 5.74) is 0. The molecule has 1 unspecified atom stereocenters. The van der Waals surface area contributed by atoms with Gasteiger partial charge in [0.15, 0.2) is 5.96 Å². The molecule has 0 aromatic heterocycles. The van der Waals surface area contributed by atoms with E-state index in [0.717, 1.165) is 64.2 Å². The van der Waals surface area contributed by atoms with E-state index in [1.54, 1.807) is 19.0 Å². The number of rotatable bonds is 4. The fraction of sp³-hybridized carbons (Fsp3) is 0.895. The Balaban J connectivity index is 0.00000261. The summed E-state index contributed by atoms with van der Waals surface area (Å²) >= 11 is 0. The fourth-order valence-corrected chi connectivity index (χ4v) is 4.10. The van der Waals surface area contributed by atoms with Crippen LogP contribution in [-0.4, -0.2) is 87.9 Å². The van der Waals surface area contributed by atoms with Crippen molar-refractivity contribution in [2.24, 2.45) is 16.8 Å². The number of guanidine groups is 1. The van der Waals surface area contributed by atoms with E-state index in [4.69, 9.17) is 9.47 Å². The molecule has 0 aromatic carbocycles. The van der Waals surface area contributed by atoms with Gasteiger partial charge in [0, 0.05) is 59.7 Å². The number of aliphatic imine (C=N–C) groups is 1. The van der Waals surface area contributed by atoms with Crippen molar-refractivity contribution in [3.63, 3.8) is 0 Å². The van der Waals surface area contributed by atoms with Crippen molar-refractivity contribution in [1.29, 1.82) is 0 Å². The number of nitrogens with zero attached hydrogens (tertiary/aromatic N) is 3. The van der Waals surface area contributed by atoms with Crippen molar-refractivity contribution in [2.75, 3.05) is 60.2 Å². The third-order valence-electron chi connectivity index (χ3n) is 5.87. The van der Waals surface area contributed by atoms with Crippen molar-refractivity contribution in [3.8, 4) is 0 Å². The van der Waals surface area contributed by atoms with E-state index >= 15 is 0 Å². The molecule has 27 heavy (non-hydrogen) atoms. The molecule has 156 valence electrons. The number of nitrogens with one attached hydrogen (secondary N) is 1. The Bertz CT molecular complexity index is 491. The summed E-state index contributed by atoms with van der Waals surface area (Å²) in [6.45, 7) is 5.66. The van der Waals surface area contributed by atoms with Gasteiger partial charge in [0.25, 0.3) is 0 Å². The molecule has 0 saturated carbocycles. The van der Waals surface area contributed by atoms with Gasteiger partial charge in [0.2, 0.25) is 5.91 Å². The van der Waals surface area contributed by atoms with Crippen LogP contribution in [0, 0.1) is 11.8 Å². The summed E-state index contributed by atoms with van der Waals surface area (Å²) in [5.74, 6) is 2.42. The predicted octanol–water partition coefficient (Wildman–Crippen LogP) is 1.57. The number of carbonyl (C=O) groups excluding carboxylic acids is 1. The second-order valence-electron chi connectivity index (χ2n) is 7.90. The summed E-state index contributed by atoms with van der Waals surface area (Å²) in [7, 11) is 3.56. The van der Waals surface area contributed by atoms with Gasteiger partial charge in [0.1, 0.15) is 6.54 Å². The highest BCUT2D eigenvalue weighted by Crippen LogP contribution is 2.31.